The van der Waals surface area contributed by atoms with Gasteiger partial charge in [-0.2, -0.15) is 0 Å². The van der Waals surface area contributed by atoms with Crippen LogP contribution < -0.4 is 24.3 Å². The van der Waals surface area contributed by atoms with E-state index in [-0.39, 0.29) is 17.4 Å². The zero-order valence-corrected chi connectivity index (χ0v) is 19.4. The van der Waals surface area contributed by atoms with Gasteiger partial charge in [-0.3, -0.25) is 4.79 Å². The minimum atomic E-state index is -3.67. The molecule has 0 aliphatic heterocycles. The number of carbonyl (C=O) groups is 1. The van der Waals surface area contributed by atoms with Gasteiger partial charge in [-0.25, -0.2) is 13.4 Å². The number of ketones is 1. The van der Waals surface area contributed by atoms with Gasteiger partial charge in [0.05, 0.1) is 39.8 Å². The van der Waals surface area contributed by atoms with E-state index in [1.165, 1.54) is 59.9 Å². The SMILES string of the molecule is COc1cc(OC)c(/C=C/S(=O)(=O)Cc2cnc(OC)c(N/C=C\C(C)=O)c2)c(OC)c1. The molecule has 0 spiro atoms. The Balaban J connectivity index is 2.31. The third-order valence-corrected chi connectivity index (χ3v) is 5.51. The van der Waals surface area contributed by atoms with Gasteiger partial charge in [-0.1, -0.05) is 0 Å². The molecule has 1 heterocycles. The molecule has 10 heteroatoms. The lowest BCUT2D eigenvalue weighted by molar-refractivity contribution is -0.112. The van der Waals surface area contributed by atoms with E-state index in [4.69, 9.17) is 18.9 Å². The minimum absolute atomic E-state index is 0.141. The maximum atomic E-state index is 12.7. The molecular weight excluding hydrogens is 436 g/mol. The van der Waals surface area contributed by atoms with Gasteiger partial charge in [0.1, 0.15) is 22.9 Å². The minimum Gasteiger partial charge on any atom is -0.496 e. The highest BCUT2D eigenvalue weighted by atomic mass is 32.2. The topological polar surface area (TPSA) is 113 Å². The normalized spacial score (nSPS) is 11.5. The van der Waals surface area contributed by atoms with E-state index in [1.54, 1.807) is 18.2 Å². The molecule has 0 aliphatic rings. The van der Waals surface area contributed by atoms with Gasteiger partial charge in [-0.05, 0) is 30.7 Å². The number of hydrogen-bond acceptors (Lipinski definition) is 9. The largest absolute Gasteiger partial charge is 0.496 e. The van der Waals surface area contributed by atoms with Crippen molar-refractivity contribution in [3.8, 4) is 23.1 Å². The highest BCUT2D eigenvalue weighted by molar-refractivity contribution is 7.93. The number of ether oxygens (including phenoxy) is 4. The molecule has 0 fully saturated rings. The van der Waals surface area contributed by atoms with Crippen molar-refractivity contribution < 1.29 is 32.2 Å². The summed E-state index contributed by atoms with van der Waals surface area (Å²) >= 11 is 0. The zero-order valence-electron chi connectivity index (χ0n) is 18.5. The number of allylic oxidation sites excluding steroid dienone is 1. The number of methoxy groups -OCH3 is 4. The van der Waals surface area contributed by atoms with Gasteiger partial charge < -0.3 is 24.3 Å². The molecule has 0 unspecified atom stereocenters. The first-order valence-electron chi connectivity index (χ1n) is 9.40. The van der Waals surface area contributed by atoms with Crippen LogP contribution in [-0.2, 0) is 20.4 Å². The van der Waals surface area contributed by atoms with Crippen LogP contribution in [0.1, 0.15) is 18.1 Å². The Labute approximate surface area is 187 Å². The van der Waals surface area contributed by atoms with Gasteiger partial charge >= 0.3 is 0 Å². The second kappa shape index (κ2) is 11.2. The Morgan fingerprint density at radius 3 is 2.22 bits per heavy atom. The molecule has 172 valence electrons. The summed E-state index contributed by atoms with van der Waals surface area (Å²) in [5, 5.41) is 3.96. The van der Waals surface area contributed by atoms with Gasteiger partial charge in [0.25, 0.3) is 0 Å². The number of anilines is 1. The summed E-state index contributed by atoms with van der Waals surface area (Å²) in [5.74, 6) is 1.15. The Morgan fingerprint density at radius 2 is 1.69 bits per heavy atom. The molecule has 1 N–H and O–H groups in total. The smallest absolute Gasteiger partial charge is 0.237 e. The maximum Gasteiger partial charge on any atom is 0.237 e. The van der Waals surface area contributed by atoms with E-state index in [0.717, 1.165) is 5.41 Å². The monoisotopic (exact) mass is 462 g/mol. The van der Waals surface area contributed by atoms with E-state index >= 15 is 0 Å². The van der Waals surface area contributed by atoms with E-state index in [1.807, 2.05) is 0 Å². The number of aromatic nitrogens is 1. The number of nitrogens with one attached hydrogen (secondary N) is 1. The molecule has 0 saturated carbocycles. The fourth-order valence-corrected chi connectivity index (χ4v) is 3.80. The van der Waals surface area contributed by atoms with Crippen molar-refractivity contribution in [2.45, 2.75) is 12.7 Å². The molecule has 0 radical (unpaired) electrons. The third-order valence-electron chi connectivity index (χ3n) is 4.22. The first-order chi connectivity index (χ1) is 15.2. The molecule has 0 saturated heterocycles. The number of carbonyl (C=O) groups excluding carboxylic acids is 1. The number of nitrogens with zero attached hydrogens (tertiary/aromatic N) is 1. The van der Waals surface area contributed by atoms with Gasteiger partial charge in [-0.15, -0.1) is 0 Å². The van der Waals surface area contributed by atoms with E-state index in [2.05, 4.69) is 10.3 Å². The number of hydrogen-bond donors (Lipinski definition) is 1. The number of rotatable bonds is 11. The molecule has 0 amide bonds. The molecule has 0 atom stereocenters. The number of pyridine rings is 1. The van der Waals surface area contributed by atoms with Crippen LogP contribution in [0.25, 0.3) is 6.08 Å². The predicted molar refractivity (Wildman–Crippen MR) is 122 cm³/mol. The number of sulfone groups is 1. The lowest BCUT2D eigenvalue weighted by Gasteiger charge is -2.12. The van der Waals surface area contributed by atoms with Crippen LogP contribution in [0.4, 0.5) is 5.69 Å². The van der Waals surface area contributed by atoms with E-state index in [0.29, 0.717) is 34.1 Å². The van der Waals surface area contributed by atoms with Crippen LogP contribution in [-0.4, -0.2) is 47.6 Å². The quantitative estimate of drug-likeness (QED) is 0.503. The average molecular weight is 463 g/mol. The highest BCUT2D eigenvalue weighted by Gasteiger charge is 2.15. The van der Waals surface area contributed by atoms with Crippen LogP contribution >= 0.6 is 0 Å². The number of benzene rings is 1. The van der Waals surface area contributed by atoms with Crippen molar-refractivity contribution in [2.75, 3.05) is 33.8 Å². The fourth-order valence-electron chi connectivity index (χ4n) is 2.74. The molecule has 2 aromatic rings. The summed E-state index contributed by atoms with van der Waals surface area (Å²) < 4.78 is 46.5. The van der Waals surface area contributed by atoms with E-state index in [9.17, 15) is 13.2 Å². The molecule has 2 rings (SSSR count). The Morgan fingerprint density at radius 1 is 1.03 bits per heavy atom. The average Bonchev–Trinajstić information content (AvgIpc) is 2.76. The summed E-state index contributed by atoms with van der Waals surface area (Å²) in [5.41, 5.74) is 1.33. The lowest BCUT2D eigenvalue weighted by Crippen LogP contribution is -2.03. The van der Waals surface area contributed by atoms with Gasteiger partial charge in [0.2, 0.25) is 5.88 Å². The first kappa shape index (κ1) is 24.7. The first-order valence-corrected chi connectivity index (χ1v) is 11.1. The molecule has 32 heavy (non-hydrogen) atoms. The van der Waals surface area contributed by atoms with Gasteiger partial charge in [0, 0.05) is 29.9 Å². The van der Waals surface area contributed by atoms with Crippen LogP contribution in [0, 0.1) is 0 Å². The van der Waals surface area contributed by atoms with Crippen molar-refractivity contribution in [3.63, 3.8) is 0 Å². The molecule has 0 bridgehead atoms. The zero-order chi connectivity index (χ0) is 23.7. The molecule has 9 nitrogen and oxygen atoms in total. The Bertz CT molecular complexity index is 1100. The van der Waals surface area contributed by atoms with Crippen molar-refractivity contribution in [1.29, 1.82) is 0 Å². The predicted octanol–water partition coefficient (Wildman–Crippen LogP) is 3.22. The lowest BCUT2D eigenvalue weighted by atomic mass is 10.1. The second-order valence-electron chi connectivity index (χ2n) is 6.54. The summed E-state index contributed by atoms with van der Waals surface area (Å²) in [6.45, 7) is 1.41. The summed E-state index contributed by atoms with van der Waals surface area (Å²) in [7, 11) is 2.22. The van der Waals surface area contributed by atoms with Crippen molar-refractivity contribution in [2.24, 2.45) is 0 Å². The summed E-state index contributed by atoms with van der Waals surface area (Å²) in [6.07, 6.45) is 5.60. The molecular formula is C22H26N2O7S. The van der Waals surface area contributed by atoms with Crippen LogP contribution in [0.3, 0.4) is 0 Å². The van der Waals surface area contributed by atoms with Crippen LogP contribution in [0.5, 0.6) is 23.1 Å². The van der Waals surface area contributed by atoms with E-state index < -0.39 is 9.84 Å². The Hall–Kier alpha value is -3.53. The maximum absolute atomic E-state index is 12.7. The van der Waals surface area contributed by atoms with Crippen LogP contribution in [0.2, 0.25) is 0 Å². The molecule has 0 aliphatic carbocycles. The van der Waals surface area contributed by atoms with Crippen molar-refractivity contribution in [1.82, 2.24) is 4.98 Å². The molecule has 1 aromatic heterocycles. The van der Waals surface area contributed by atoms with Crippen LogP contribution in [0.15, 0.2) is 42.1 Å². The standard InChI is InChI=1S/C22H26N2O7S/c1-15(25)6-8-23-19-10-16(13-24-22(19)31-5)14-32(26,27)9-7-18-20(29-3)11-17(28-2)12-21(18)30-4/h6-13,23H,14H2,1-5H3/b8-6-,9-7+. The summed E-state index contributed by atoms with van der Waals surface area (Å²) in [6, 6.07) is 4.86. The van der Waals surface area contributed by atoms with Gasteiger partial charge in [0.15, 0.2) is 15.6 Å². The third kappa shape index (κ3) is 6.74. The van der Waals surface area contributed by atoms with Crippen molar-refractivity contribution >= 4 is 27.4 Å². The highest BCUT2D eigenvalue weighted by Crippen LogP contribution is 2.35. The fraction of sp³-hybridized carbons (Fsp3) is 0.273. The summed E-state index contributed by atoms with van der Waals surface area (Å²) in [4.78, 5) is 15.2. The Kier molecular flexibility index (Phi) is 8.65. The molecule has 1 aromatic carbocycles. The second-order valence-corrected chi connectivity index (χ2v) is 8.43. The van der Waals surface area contributed by atoms with Crippen molar-refractivity contribution in [3.05, 3.63) is 53.2 Å².